The van der Waals surface area contributed by atoms with Crippen molar-refractivity contribution in [2.45, 2.75) is 26.7 Å². The topological polar surface area (TPSA) is 40.5 Å². The summed E-state index contributed by atoms with van der Waals surface area (Å²) in [7, 11) is 0. The molecule has 1 amide bonds. The van der Waals surface area contributed by atoms with E-state index in [0.29, 0.717) is 23.8 Å². The van der Waals surface area contributed by atoms with Gasteiger partial charge in [-0.05, 0) is 24.3 Å². The van der Waals surface area contributed by atoms with Gasteiger partial charge in [-0.25, -0.2) is 0 Å². The van der Waals surface area contributed by atoms with Crippen LogP contribution in [0.25, 0.3) is 0 Å². The van der Waals surface area contributed by atoms with Crippen LogP contribution in [0, 0.1) is 11.8 Å². The van der Waals surface area contributed by atoms with E-state index in [2.05, 4.69) is 13.8 Å². The first-order valence-corrected chi connectivity index (χ1v) is 6.61. The van der Waals surface area contributed by atoms with Crippen LogP contribution >= 0.6 is 0 Å². The number of phenols is 1. The Morgan fingerprint density at radius 1 is 1.28 bits per heavy atom. The summed E-state index contributed by atoms with van der Waals surface area (Å²) in [6, 6.07) is 7.06. The monoisotopic (exact) mass is 247 g/mol. The lowest BCUT2D eigenvalue weighted by Crippen LogP contribution is -2.43. The van der Waals surface area contributed by atoms with Gasteiger partial charge in [-0.3, -0.25) is 4.79 Å². The standard InChI is InChI=1S/C15H21NO2/c1-11-7-12(2)10-16(9-11)15(18)8-13-5-3-4-6-14(13)17/h3-6,11-12,17H,7-10H2,1-2H3. The molecule has 1 aliphatic heterocycles. The highest BCUT2D eigenvalue weighted by atomic mass is 16.3. The number of carbonyl (C=O) groups excluding carboxylic acids is 1. The molecule has 0 saturated carbocycles. The van der Waals surface area contributed by atoms with E-state index in [1.165, 1.54) is 6.42 Å². The van der Waals surface area contributed by atoms with E-state index in [4.69, 9.17) is 0 Å². The Labute approximate surface area is 108 Å². The molecule has 1 aromatic carbocycles. The van der Waals surface area contributed by atoms with Gasteiger partial charge in [-0.1, -0.05) is 32.0 Å². The predicted molar refractivity (Wildman–Crippen MR) is 71.3 cm³/mol. The molecule has 2 unspecified atom stereocenters. The molecule has 1 N–H and O–H groups in total. The van der Waals surface area contributed by atoms with Crippen LogP contribution in [-0.4, -0.2) is 29.0 Å². The summed E-state index contributed by atoms with van der Waals surface area (Å²) < 4.78 is 0. The van der Waals surface area contributed by atoms with Crippen LogP contribution in [0.3, 0.4) is 0 Å². The molecule has 3 heteroatoms. The number of aromatic hydroxyl groups is 1. The largest absolute Gasteiger partial charge is 0.508 e. The van der Waals surface area contributed by atoms with Crippen LogP contribution in [0.5, 0.6) is 5.75 Å². The smallest absolute Gasteiger partial charge is 0.227 e. The number of rotatable bonds is 2. The van der Waals surface area contributed by atoms with E-state index in [9.17, 15) is 9.90 Å². The van der Waals surface area contributed by atoms with Gasteiger partial charge in [0.05, 0.1) is 6.42 Å². The number of hydrogen-bond acceptors (Lipinski definition) is 2. The lowest BCUT2D eigenvalue weighted by Gasteiger charge is -2.35. The van der Waals surface area contributed by atoms with Crippen molar-refractivity contribution in [3.63, 3.8) is 0 Å². The van der Waals surface area contributed by atoms with Crippen molar-refractivity contribution in [1.82, 2.24) is 4.90 Å². The van der Waals surface area contributed by atoms with E-state index in [1.54, 1.807) is 12.1 Å². The Morgan fingerprint density at radius 2 is 1.89 bits per heavy atom. The van der Waals surface area contributed by atoms with Crippen molar-refractivity contribution in [2.24, 2.45) is 11.8 Å². The molecule has 1 aliphatic rings. The van der Waals surface area contributed by atoms with Crippen LogP contribution < -0.4 is 0 Å². The third kappa shape index (κ3) is 3.03. The second kappa shape index (κ2) is 5.42. The Morgan fingerprint density at radius 3 is 2.50 bits per heavy atom. The number of amides is 1. The third-order valence-electron chi connectivity index (χ3n) is 3.55. The Bertz CT molecular complexity index is 420. The second-order valence-corrected chi connectivity index (χ2v) is 5.55. The number of piperidine rings is 1. The number of benzene rings is 1. The number of nitrogens with zero attached hydrogens (tertiary/aromatic N) is 1. The maximum atomic E-state index is 12.2. The molecule has 2 atom stereocenters. The predicted octanol–water partition coefficient (Wildman–Crippen LogP) is 2.44. The van der Waals surface area contributed by atoms with E-state index in [0.717, 1.165) is 13.1 Å². The summed E-state index contributed by atoms with van der Waals surface area (Å²) in [5, 5.41) is 9.69. The van der Waals surface area contributed by atoms with E-state index in [1.807, 2.05) is 17.0 Å². The normalized spacial score (nSPS) is 24.0. The zero-order valence-corrected chi connectivity index (χ0v) is 11.1. The van der Waals surface area contributed by atoms with Gasteiger partial charge in [0.1, 0.15) is 5.75 Å². The SMILES string of the molecule is CC1CC(C)CN(C(=O)Cc2ccccc2O)C1. The molecule has 0 spiro atoms. The molecule has 0 aliphatic carbocycles. The second-order valence-electron chi connectivity index (χ2n) is 5.55. The van der Waals surface area contributed by atoms with Gasteiger partial charge in [0, 0.05) is 18.7 Å². The van der Waals surface area contributed by atoms with Crippen LogP contribution in [0.4, 0.5) is 0 Å². The molecular formula is C15H21NO2. The minimum atomic E-state index is 0.120. The zero-order chi connectivity index (χ0) is 13.1. The first-order valence-electron chi connectivity index (χ1n) is 6.61. The molecule has 1 saturated heterocycles. The maximum absolute atomic E-state index is 12.2. The lowest BCUT2D eigenvalue weighted by atomic mass is 9.91. The van der Waals surface area contributed by atoms with Gasteiger partial charge < -0.3 is 10.0 Å². The van der Waals surface area contributed by atoms with Crippen LogP contribution in [0.15, 0.2) is 24.3 Å². The van der Waals surface area contributed by atoms with Gasteiger partial charge >= 0.3 is 0 Å². The Balaban J connectivity index is 2.02. The minimum absolute atomic E-state index is 0.120. The number of hydrogen-bond donors (Lipinski definition) is 1. The zero-order valence-electron chi connectivity index (χ0n) is 11.1. The highest BCUT2D eigenvalue weighted by molar-refractivity contribution is 5.79. The van der Waals surface area contributed by atoms with Gasteiger partial charge in [-0.2, -0.15) is 0 Å². The molecule has 18 heavy (non-hydrogen) atoms. The maximum Gasteiger partial charge on any atom is 0.227 e. The van der Waals surface area contributed by atoms with Gasteiger partial charge in [0.15, 0.2) is 0 Å². The minimum Gasteiger partial charge on any atom is -0.508 e. The van der Waals surface area contributed by atoms with Crippen LogP contribution in [-0.2, 0) is 11.2 Å². The van der Waals surface area contributed by atoms with Crippen LogP contribution in [0.2, 0.25) is 0 Å². The average molecular weight is 247 g/mol. The molecule has 1 fully saturated rings. The average Bonchev–Trinajstić information content (AvgIpc) is 2.31. The number of likely N-dealkylation sites (tertiary alicyclic amines) is 1. The van der Waals surface area contributed by atoms with E-state index < -0.39 is 0 Å². The number of para-hydroxylation sites is 1. The van der Waals surface area contributed by atoms with Gasteiger partial charge in [0.2, 0.25) is 5.91 Å². The van der Waals surface area contributed by atoms with Gasteiger partial charge in [0.25, 0.3) is 0 Å². The number of phenolic OH excluding ortho intramolecular Hbond substituents is 1. The van der Waals surface area contributed by atoms with Gasteiger partial charge in [-0.15, -0.1) is 0 Å². The summed E-state index contributed by atoms with van der Waals surface area (Å²) in [4.78, 5) is 14.2. The molecule has 98 valence electrons. The van der Waals surface area contributed by atoms with E-state index >= 15 is 0 Å². The summed E-state index contributed by atoms with van der Waals surface area (Å²) in [6.07, 6.45) is 1.49. The fourth-order valence-corrected chi connectivity index (χ4v) is 2.80. The summed E-state index contributed by atoms with van der Waals surface area (Å²) in [5.74, 6) is 1.47. The molecule has 0 bridgehead atoms. The number of carbonyl (C=O) groups is 1. The highest BCUT2D eigenvalue weighted by Crippen LogP contribution is 2.23. The fourth-order valence-electron chi connectivity index (χ4n) is 2.80. The summed E-state index contributed by atoms with van der Waals surface area (Å²) in [5.41, 5.74) is 0.716. The summed E-state index contributed by atoms with van der Waals surface area (Å²) >= 11 is 0. The first-order chi connectivity index (χ1) is 8.56. The molecule has 3 nitrogen and oxygen atoms in total. The van der Waals surface area contributed by atoms with Crippen molar-refractivity contribution in [2.75, 3.05) is 13.1 Å². The van der Waals surface area contributed by atoms with Crippen molar-refractivity contribution in [3.8, 4) is 5.75 Å². The first kappa shape index (κ1) is 12.9. The molecule has 1 heterocycles. The van der Waals surface area contributed by atoms with Crippen molar-refractivity contribution in [3.05, 3.63) is 29.8 Å². The van der Waals surface area contributed by atoms with Crippen molar-refractivity contribution >= 4 is 5.91 Å². The van der Waals surface area contributed by atoms with Crippen molar-refractivity contribution in [1.29, 1.82) is 0 Å². The Hall–Kier alpha value is -1.51. The molecule has 1 aromatic rings. The molecular weight excluding hydrogens is 226 g/mol. The lowest BCUT2D eigenvalue weighted by molar-refractivity contribution is -0.133. The summed E-state index contributed by atoms with van der Waals surface area (Å²) in [6.45, 7) is 6.07. The van der Waals surface area contributed by atoms with Crippen molar-refractivity contribution < 1.29 is 9.90 Å². The molecule has 0 aromatic heterocycles. The van der Waals surface area contributed by atoms with E-state index in [-0.39, 0.29) is 11.7 Å². The third-order valence-corrected chi connectivity index (χ3v) is 3.55. The molecule has 0 radical (unpaired) electrons. The Kier molecular flexibility index (Phi) is 3.90. The highest BCUT2D eigenvalue weighted by Gasteiger charge is 2.25. The molecule has 2 rings (SSSR count). The fraction of sp³-hybridized carbons (Fsp3) is 0.533. The van der Waals surface area contributed by atoms with Crippen LogP contribution in [0.1, 0.15) is 25.8 Å². The quantitative estimate of drug-likeness (QED) is 0.872.